The quantitative estimate of drug-likeness (QED) is 0.566. The molecule has 1 saturated heterocycles. The molecule has 152 valence electrons. The fourth-order valence-corrected chi connectivity index (χ4v) is 3.09. The van der Waals surface area contributed by atoms with Crippen molar-refractivity contribution in [2.24, 2.45) is 5.73 Å². The molecule has 8 heteroatoms. The topological polar surface area (TPSA) is 96.2 Å². The highest BCUT2D eigenvalue weighted by molar-refractivity contribution is 5.85. The number of hydrogen-bond donors (Lipinski definition) is 4. The van der Waals surface area contributed by atoms with Gasteiger partial charge in [-0.3, -0.25) is 9.59 Å². The summed E-state index contributed by atoms with van der Waals surface area (Å²) in [5, 5.41) is 8.89. The van der Waals surface area contributed by atoms with Gasteiger partial charge in [0.15, 0.2) is 0 Å². The Balaban J connectivity index is 0.00000196. The summed E-state index contributed by atoms with van der Waals surface area (Å²) < 4.78 is 0. The van der Waals surface area contributed by atoms with E-state index in [0.29, 0.717) is 19.5 Å². The molecule has 6 nitrogen and oxygen atoms in total. The van der Waals surface area contributed by atoms with Crippen molar-refractivity contribution in [1.82, 2.24) is 16.0 Å². The first kappa shape index (κ1) is 23.9. The van der Waals surface area contributed by atoms with Crippen molar-refractivity contribution in [2.75, 3.05) is 13.1 Å². The monoisotopic (exact) mass is 424 g/mol. The molecule has 0 radical (unpaired) electrons. The van der Waals surface area contributed by atoms with Crippen LogP contribution in [0.5, 0.6) is 0 Å². The van der Waals surface area contributed by atoms with E-state index in [1.807, 2.05) is 30.3 Å². The van der Waals surface area contributed by atoms with Gasteiger partial charge in [0.05, 0.1) is 12.6 Å². The number of halogens is 2. The summed E-state index contributed by atoms with van der Waals surface area (Å²) in [6.07, 6.45) is 0.574. The molecule has 3 rings (SSSR count). The van der Waals surface area contributed by atoms with E-state index in [4.69, 9.17) is 5.73 Å². The summed E-state index contributed by atoms with van der Waals surface area (Å²) in [7, 11) is 0. The lowest BCUT2D eigenvalue weighted by atomic mass is 10.0. The van der Waals surface area contributed by atoms with Crippen molar-refractivity contribution in [3.63, 3.8) is 0 Å². The molecular formula is C20H26Cl2N4O2. The highest BCUT2D eigenvalue weighted by Gasteiger charge is 2.29. The Hall–Kier alpha value is -2.12. The molecule has 0 saturated carbocycles. The van der Waals surface area contributed by atoms with Crippen molar-refractivity contribution in [3.05, 3.63) is 60.2 Å². The molecule has 0 spiro atoms. The summed E-state index contributed by atoms with van der Waals surface area (Å²) in [6.45, 7) is 1.02. The maximum absolute atomic E-state index is 12.3. The molecule has 0 aliphatic carbocycles. The number of carbonyl (C=O) groups is 2. The predicted molar refractivity (Wildman–Crippen MR) is 116 cm³/mol. The molecule has 1 heterocycles. The van der Waals surface area contributed by atoms with Crippen LogP contribution in [0.1, 0.15) is 12.0 Å². The van der Waals surface area contributed by atoms with Crippen LogP contribution in [-0.2, 0) is 16.1 Å². The largest absolute Gasteiger partial charge is 0.351 e. The lowest BCUT2D eigenvalue weighted by Crippen LogP contribution is -2.40. The van der Waals surface area contributed by atoms with Gasteiger partial charge in [0.25, 0.3) is 0 Å². The minimum absolute atomic E-state index is 0. The summed E-state index contributed by atoms with van der Waals surface area (Å²) in [5.41, 5.74) is 8.66. The van der Waals surface area contributed by atoms with E-state index in [1.54, 1.807) is 0 Å². The number of rotatable bonds is 6. The Kier molecular flexibility index (Phi) is 9.96. The van der Waals surface area contributed by atoms with E-state index in [2.05, 4.69) is 40.2 Å². The highest BCUT2D eigenvalue weighted by atomic mass is 35.5. The zero-order chi connectivity index (χ0) is 18.4. The molecule has 2 aromatic carbocycles. The molecular weight excluding hydrogens is 399 g/mol. The Bertz CT molecular complexity index is 757. The molecule has 28 heavy (non-hydrogen) atoms. The fourth-order valence-electron chi connectivity index (χ4n) is 3.09. The Morgan fingerprint density at radius 1 is 1.00 bits per heavy atom. The van der Waals surface area contributed by atoms with E-state index in [9.17, 15) is 9.59 Å². The van der Waals surface area contributed by atoms with Crippen LogP contribution in [0.2, 0.25) is 0 Å². The molecule has 2 atom stereocenters. The number of carbonyl (C=O) groups excluding carboxylic acids is 2. The molecule has 1 aliphatic rings. The molecule has 1 fully saturated rings. The van der Waals surface area contributed by atoms with E-state index >= 15 is 0 Å². The SMILES string of the molecule is Cl.Cl.NCC(=O)NC1CN[C@H](C(=O)NCc2ccc(-c3ccccc3)cc2)C1. The summed E-state index contributed by atoms with van der Waals surface area (Å²) >= 11 is 0. The first-order valence-corrected chi connectivity index (χ1v) is 8.80. The molecule has 1 unspecified atom stereocenters. The third-order valence-corrected chi connectivity index (χ3v) is 4.53. The zero-order valence-corrected chi connectivity index (χ0v) is 17.0. The van der Waals surface area contributed by atoms with Crippen LogP contribution in [-0.4, -0.2) is 37.0 Å². The van der Waals surface area contributed by atoms with E-state index < -0.39 is 0 Å². The summed E-state index contributed by atoms with van der Waals surface area (Å²) in [5.74, 6) is -0.252. The smallest absolute Gasteiger partial charge is 0.237 e. The second kappa shape index (κ2) is 11.7. The third-order valence-electron chi connectivity index (χ3n) is 4.53. The Morgan fingerprint density at radius 3 is 2.29 bits per heavy atom. The number of hydrogen-bond acceptors (Lipinski definition) is 4. The van der Waals surface area contributed by atoms with Crippen LogP contribution < -0.4 is 21.7 Å². The van der Waals surface area contributed by atoms with Gasteiger partial charge >= 0.3 is 0 Å². The third kappa shape index (κ3) is 6.49. The zero-order valence-electron chi connectivity index (χ0n) is 15.4. The van der Waals surface area contributed by atoms with Gasteiger partial charge < -0.3 is 21.7 Å². The van der Waals surface area contributed by atoms with Crippen LogP contribution in [0.25, 0.3) is 11.1 Å². The van der Waals surface area contributed by atoms with E-state index in [0.717, 1.165) is 11.1 Å². The van der Waals surface area contributed by atoms with Crippen molar-refractivity contribution < 1.29 is 9.59 Å². The predicted octanol–water partition coefficient (Wildman–Crippen LogP) is 1.62. The van der Waals surface area contributed by atoms with Gasteiger partial charge in [0.2, 0.25) is 11.8 Å². The number of benzene rings is 2. The van der Waals surface area contributed by atoms with Crippen LogP contribution >= 0.6 is 24.8 Å². The Morgan fingerprint density at radius 2 is 1.64 bits per heavy atom. The molecule has 1 aliphatic heterocycles. The van der Waals surface area contributed by atoms with E-state index in [1.165, 1.54) is 5.56 Å². The Labute approximate surface area is 177 Å². The average Bonchev–Trinajstić information content (AvgIpc) is 3.15. The van der Waals surface area contributed by atoms with Crippen LogP contribution in [0, 0.1) is 0 Å². The second-order valence-electron chi connectivity index (χ2n) is 6.45. The van der Waals surface area contributed by atoms with Gasteiger partial charge in [-0.15, -0.1) is 24.8 Å². The molecule has 5 N–H and O–H groups in total. The number of nitrogens with two attached hydrogens (primary N) is 1. The fraction of sp³-hybridized carbons (Fsp3) is 0.300. The van der Waals surface area contributed by atoms with Crippen LogP contribution in [0.15, 0.2) is 54.6 Å². The average molecular weight is 425 g/mol. The lowest BCUT2D eigenvalue weighted by Gasteiger charge is -2.12. The van der Waals surface area contributed by atoms with Gasteiger partial charge in [-0.05, 0) is 23.1 Å². The standard InChI is InChI=1S/C20H24N4O2.2ClH/c21-11-19(25)24-17-10-18(22-13-17)20(26)23-12-14-6-8-16(9-7-14)15-4-2-1-3-5-15;;/h1-9,17-18,22H,10-13,21H2,(H,23,26)(H,24,25);2*1H/t17?,18-;;/m0../s1. The summed E-state index contributed by atoms with van der Waals surface area (Å²) in [6, 6.07) is 18.0. The molecule has 2 amide bonds. The number of amides is 2. The number of nitrogens with one attached hydrogen (secondary N) is 3. The maximum Gasteiger partial charge on any atom is 0.237 e. The second-order valence-corrected chi connectivity index (χ2v) is 6.45. The molecule has 0 aromatic heterocycles. The van der Waals surface area contributed by atoms with Gasteiger partial charge in [-0.1, -0.05) is 54.6 Å². The van der Waals surface area contributed by atoms with Crippen LogP contribution in [0.4, 0.5) is 0 Å². The minimum Gasteiger partial charge on any atom is -0.351 e. The first-order valence-electron chi connectivity index (χ1n) is 8.80. The highest BCUT2D eigenvalue weighted by Crippen LogP contribution is 2.19. The molecule has 0 bridgehead atoms. The first-order chi connectivity index (χ1) is 12.7. The van der Waals surface area contributed by atoms with Gasteiger partial charge in [0, 0.05) is 19.1 Å². The van der Waals surface area contributed by atoms with Gasteiger partial charge in [0.1, 0.15) is 0 Å². The normalized spacial score (nSPS) is 17.8. The maximum atomic E-state index is 12.3. The van der Waals surface area contributed by atoms with Crippen molar-refractivity contribution >= 4 is 36.6 Å². The van der Waals surface area contributed by atoms with Crippen molar-refractivity contribution in [2.45, 2.75) is 25.0 Å². The summed E-state index contributed by atoms with van der Waals surface area (Å²) in [4.78, 5) is 23.6. The van der Waals surface area contributed by atoms with Crippen molar-refractivity contribution in [3.8, 4) is 11.1 Å². The van der Waals surface area contributed by atoms with Gasteiger partial charge in [-0.2, -0.15) is 0 Å². The van der Waals surface area contributed by atoms with Gasteiger partial charge in [-0.25, -0.2) is 0 Å². The van der Waals surface area contributed by atoms with E-state index in [-0.39, 0.29) is 55.3 Å². The lowest BCUT2D eigenvalue weighted by molar-refractivity contribution is -0.123. The van der Waals surface area contributed by atoms with Crippen LogP contribution in [0.3, 0.4) is 0 Å². The van der Waals surface area contributed by atoms with Crippen molar-refractivity contribution in [1.29, 1.82) is 0 Å². The minimum atomic E-state index is -0.290. The molecule has 2 aromatic rings.